The summed E-state index contributed by atoms with van der Waals surface area (Å²) in [4.78, 5) is 45.8. The van der Waals surface area contributed by atoms with E-state index < -0.39 is 0 Å². The Balaban J connectivity index is 1.20. The molecule has 0 aliphatic carbocycles. The standard InChI is InChI=1S/C28H21N3O4S/c32-25-16-35-24-12-11-19(22-17-36-26(29-22)18-7-2-1-3-8-18)15-23(24)30(25)13-6-14-31-27(33)20-9-4-5-10-21(20)28(31)34/h1-5,7-12,15,17H,6,13-14,16H2. The molecule has 0 unspecified atom stereocenters. The predicted molar refractivity (Wildman–Crippen MR) is 137 cm³/mol. The van der Waals surface area contributed by atoms with Crippen LogP contribution in [0.3, 0.4) is 0 Å². The Morgan fingerprint density at radius 2 is 1.50 bits per heavy atom. The molecule has 0 bridgehead atoms. The second-order valence-corrected chi connectivity index (χ2v) is 9.44. The number of carbonyl (C=O) groups excluding carboxylic acids is 3. The topological polar surface area (TPSA) is 79.8 Å². The van der Waals surface area contributed by atoms with E-state index in [9.17, 15) is 14.4 Å². The van der Waals surface area contributed by atoms with Gasteiger partial charge in [0.05, 0.1) is 22.5 Å². The lowest BCUT2D eigenvalue weighted by molar-refractivity contribution is -0.121. The Labute approximate surface area is 211 Å². The fourth-order valence-electron chi connectivity index (χ4n) is 4.56. The molecule has 3 aromatic carbocycles. The number of hydrogen-bond acceptors (Lipinski definition) is 6. The molecule has 1 aromatic heterocycles. The maximum absolute atomic E-state index is 12.8. The molecule has 0 radical (unpaired) electrons. The summed E-state index contributed by atoms with van der Waals surface area (Å²) in [6, 6.07) is 22.5. The summed E-state index contributed by atoms with van der Waals surface area (Å²) < 4.78 is 5.66. The van der Waals surface area contributed by atoms with Gasteiger partial charge in [-0.3, -0.25) is 19.3 Å². The lowest BCUT2D eigenvalue weighted by Gasteiger charge is -2.30. The van der Waals surface area contributed by atoms with E-state index in [2.05, 4.69) is 0 Å². The maximum Gasteiger partial charge on any atom is 0.265 e. The lowest BCUT2D eigenvalue weighted by atomic mass is 10.1. The van der Waals surface area contributed by atoms with Crippen LogP contribution in [0.2, 0.25) is 0 Å². The van der Waals surface area contributed by atoms with Crippen LogP contribution in [-0.2, 0) is 4.79 Å². The van der Waals surface area contributed by atoms with Gasteiger partial charge in [-0.1, -0.05) is 42.5 Å². The maximum atomic E-state index is 12.8. The number of thiazole rings is 1. The average Bonchev–Trinajstić information content (AvgIpc) is 3.50. The molecular weight excluding hydrogens is 474 g/mol. The quantitative estimate of drug-likeness (QED) is 0.356. The second-order valence-electron chi connectivity index (χ2n) is 8.58. The van der Waals surface area contributed by atoms with Gasteiger partial charge in [-0.25, -0.2) is 4.98 Å². The number of aromatic nitrogens is 1. The van der Waals surface area contributed by atoms with Crippen molar-refractivity contribution in [3.8, 4) is 27.6 Å². The molecule has 0 saturated carbocycles. The molecular formula is C28H21N3O4S. The van der Waals surface area contributed by atoms with Crippen molar-refractivity contribution in [1.29, 1.82) is 0 Å². The minimum Gasteiger partial charge on any atom is -0.482 e. The lowest BCUT2D eigenvalue weighted by Crippen LogP contribution is -2.41. The zero-order valence-corrected chi connectivity index (χ0v) is 20.0. The molecule has 2 aliphatic rings. The van der Waals surface area contributed by atoms with Crippen LogP contribution < -0.4 is 9.64 Å². The van der Waals surface area contributed by atoms with Crippen molar-refractivity contribution >= 4 is 34.7 Å². The highest BCUT2D eigenvalue weighted by Gasteiger charge is 2.35. The molecule has 6 rings (SSSR count). The normalized spacial score (nSPS) is 14.6. The molecule has 3 amide bonds. The zero-order valence-electron chi connectivity index (χ0n) is 19.2. The van der Waals surface area contributed by atoms with Crippen LogP contribution in [0.4, 0.5) is 5.69 Å². The first-order valence-corrected chi connectivity index (χ1v) is 12.5. The van der Waals surface area contributed by atoms with E-state index in [0.29, 0.717) is 35.5 Å². The molecule has 0 N–H and O–H groups in total. The van der Waals surface area contributed by atoms with Gasteiger partial charge in [-0.15, -0.1) is 11.3 Å². The first kappa shape index (κ1) is 22.2. The molecule has 0 atom stereocenters. The molecule has 0 spiro atoms. The van der Waals surface area contributed by atoms with Gasteiger partial charge in [0.15, 0.2) is 6.61 Å². The highest BCUT2D eigenvalue weighted by Crippen LogP contribution is 2.37. The summed E-state index contributed by atoms with van der Waals surface area (Å²) in [6.07, 6.45) is 0.454. The number of nitrogens with zero attached hydrogens (tertiary/aromatic N) is 3. The summed E-state index contributed by atoms with van der Waals surface area (Å²) >= 11 is 1.57. The van der Waals surface area contributed by atoms with Gasteiger partial charge >= 0.3 is 0 Å². The number of fused-ring (bicyclic) bond motifs is 2. The number of imide groups is 1. The average molecular weight is 496 g/mol. The number of anilines is 1. The van der Waals surface area contributed by atoms with Gasteiger partial charge < -0.3 is 9.64 Å². The molecule has 36 heavy (non-hydrogen) atoms. The molecule has 0 saturated heterocycles. The Morgan fingerprint density at radius 3 is 2.25 bits per heavy atom. The number of amides is 3. The highest BCUT2D eigenvalue weighted by atomic mass is 32.1. The second kappa shape index (κ2) is 9.05. The van der Waals surface area contributed by atoms with E-state index in [1.54, 1.807) is 40.5 Å². The SMILES string of the molecule is O=C1c2ccccc2C(=O)N1CCCN1C(=O)COc2ccc(-c3csc(-c4ccccc4)n3)cc21. The molecule has 0 fully saturated rings. The number of carbonyl (C=O) groups is 3. The number of rotatable bonds is 6. The van der Waals surface area contributed by atoms with Gasteiger partial charge in [0, 0.05) is 29.6 Å². The Hall–Kier alpha value is -4.30. The fraction of sp³-hybridized carbons (Fsp3) is 0.143. The predicted octanol–water partition coefficient (Wildman–Crippen LogP) is 4.89. The van der Waals surface area contributed by atoms with Crippen LogP contribution >= 0.6 is 11.3 Å². The summed E-state index contributed by atoms with van der Waals surface area (Å²) in [6.45, 7) is 0.547. The van der Waals surface area contributed by atoms with Gasteiger partial charge in [-0.05, 0) is 36.8 Å². The zero-order chi connectivity index (χ0) is 24.6. The van der Waals surface area contributed by atoms with Crippen molar-refractivity contribution in [2.24, 2.45) is 0 Å². The van der Waals surface area contributed by atoms with E-state index >= 15 is 0 Å². The molecule has 4 aromatic rings. The number of benzene rings is 3. The molecule has 7 nitrogen and oxygen atoms in total. The van der Waals surface area contributed by atoms with Crippen LogP contribution in [0.15, 0.2) is 78.2 Å². The molecule has 2 aliphatic heterocycles. The number of ether oxygens (including phenoxy) is 1. The fourth-order valence-corrected chi connectivity index (χ4v) is 5.39. The Kier molecular flexibility index (Phi) is 5.58. The Morgan fingerprint density at radius 1 is 0.806 bits per heavy atom. The van der Waals surface area contributed by atoms with E-state index in [4.69, 9.17) is 9.72 Å². The van der Waals surface area contributed by atoms with Crippen molar-refractivity contribution in [2.75, 3.05) is 24.6 Å². The van der Waals surface area contributed by atoms with Crippen LogP contribution in [0, 0.1) is 0 Å². The van der Waals surface area contributed by atoms with Gasteiger partial charge in [0.1, 0.15) is 10.8 Å². The van der Waals surface area contributed by atoms with Gasteiger partial charge in [0.25, 0.3) is 17.7 Å². The summed E-state index contributed by atoms with van der Waals surface area (Å²) in [7, 11) is 0. The van der Waals surface area contributed by atoms with Crippen LogP contribution in [0.25, 0.3) is 21.8 Å². The first-order chi connectivity index (χ1) is 17.6. The van der Waals surface area contributed by atoms with E-state index in [0.717, 1.165) is 21.8 Å². The summed E-state index contributed by atoms with van der Waals surface area (Å²) in [5.74, 6) is -0.114. The molecule has 3 heterocycles. The largest absolute Gasteiger partial charge is 0.482 e. The van der Waals surface area contributed by atoms with E-state index in [-0.39, 0.29) is 30.9 Å². The molecule has 178 valence electrons. The Bertz CT molecular complexity index is 1460. The van der Waals surface area contributed by atoms with Crippen LogP contribution in [-0.4, -0.2) is 47.3 Å². The van der Waals surface area contributed by atoms with Crippen molar-refractivity contribution in [2.45, 2.75) is 6.42 Å². The first-order valence-electron chi connectivity index (χ1n) is 11.6. The van der Waals surface area contributed by atoms with Crippen molar-refractivity contribution in [3.63, 3.8) is 0 Å². The van der Waals surface area contributed by atoms with Crippen LogP contribution in [0.1, 0.15) is 27.1 Å². The van der Waals surface area contributed by atoms with Crippen molar-refractivity contribution in [1.82, 2.24) is 9.88 Å². The minimum absolute atomic E-state index is 0.0474. The third-order valence-electron chi connectivity index (χ3n) is 6.36. The summed E-state index contributed by atoms with van der Waals surface area (Å²) in [5.41, 5.74) is 4.29. The summed E-state index contributed by atoms with van der Waals surface area (Å²) in [5, 5.41) is 2.93. The third kappa shape index (κ3) is 3.85. The van der Waals surface area contributed by atoms with E-state index in [1.165, 1.54) is 4.90 Å². The van der Waals surface area contributed by atoms with Crippen molar-refractivity contribution in [3.05, 3.63) is 89.3 Å². The smallest absolute Gasteiger partial charge is 0.265 e. The van der Waals surface area contributed by atoms with Crippen LogP contribution in [0.5, 0.6) is 5.75 Å². The molecule has 8 heteroatoms. The highest BCUT2D eigenvalue weighted by molar-refractivity contribution is 7.13. The number of hydrogen-bond donors (Lipinski definition) is 0. The minimum atomic E-state index is -0.288. The third-order valence-corrected chi connectivity index (χ3v) is 7.26. The van der Waals surface area contributed by atoms with E-state index in [1.807, 2.05) is 53.9 Å². The monoisotopic (exact) mass is 495 g/mol. The van der Waals surface area contributed by atoms with Gasteiger partial charge in [0.2, 0.25) is 0 Å². The van der Waals surface area contributed by atoms with Gasteiger partial charge in [-0.2, -0.15) is 0 Å². The van der Waals surface area contributed by atoms with Crippen molar-refractivity contribution < 1.29 is 19.1 Å².